The maximum absolute atomic E-state index is 14.6. The first kappa shape index (κ1) is 23.5. The molecule has 0 bridgehead atoms. The fourth-order valence-electron chi connectivity index (χ4n) is 3.57. The van der Waals surface area contributed by atoms with E-state index in [-0.39, 0.29) is 11.7 Å². The minimum absolute atomic E-state index is 0.0100. The highest BCUT2D eigenvalue weighted by atomic mass is 19.1. The molecule has 2 N–H and O–H groups in total. The van der Waals surface area contributed by atoms with Crippen molar-refractivity contribution in [2.45, 2.75) is 13.0 Å². The SMILES string of the molecule is CN=C(NCCc1cccc(C(=O)N(C)C)c1)NCc1ccc(N2CCOCC2)c(F)c1. The normalized spacial score (nSPS) is 14.2. The molecule has 1 aliphatic heterocycles. The van der Waals surface area contributed by atoms with E-state index >= 15 is 0 Å². The topological polar surface area (TPSA) is 69.2 Å². The molecule has 0 saturated carbocycles. The number of hydrogen-bond acceptors (Lipinski definition) is 4. The molecular weight excluding hydrogens is 409 g/mol. The predicted octanol–water partition coefficient (Wildman–Crippen LogP) is 2.27. The van der Waals surface area contributed by atoms with Crippen LogP contribution >= 0.6 is 0 Å². The molecular formula is C24H32FN5O2. The number of carbonyl (C=O) groups excluding carboxylic acids is 1. The van der Waals surface area contributed by atoms with Crippen LogP contribution in [0.5, 0.6) is 0 Å². The Kier molecular flexibility index (Phi) is 8.44. The number of morpholine rings is 1. The number of halogens is 1. The van der Waals surface area contributed by atoms with E-state index < -0.39 is 0 Å². The Bertz CT molecular complexity index is 942. The largest absolute Gasteiger partial charge is 0.378 e. The van der Waals surface area contributed by atoms with Gasteiger partial charge in [-0.1, -0.05) is 18.2 Å². The average molecular weight is 442 g/mol. The Morgan fingerprint density at radius 1 is 1.12 bits per heavy atom. The fourth-order valence-corrected chi connectivity index (χ4v) is 3.57. The van der Waals surface area contributed by atoms with Gasteiger partial charge in [0, 0.05) is 52.9 Å². The molecule has 2 aromatic rings. The van der Waals surface area contributed by atoms with Crippen LogP contribution in [0.25, 0.3) is 0 Å². The van der Waals surface area contributed by atoms with Crippen LogP contribution in [0.1, 0.15) is 21.5 Å². The van der Waals surface area contributed by atoms with E-state index in [0.29, 0.717) is 56.6 Å². The van der Waals surface area contributed by atoms with Gasteiger partial charge < -0.3 is 25.2 Å². The van der Waals surface area contributed by atoms with Crippen LogP contribution in [0.15, 0.2) is 47.5 Å². The van der Waals surface area contributed by atoms with Gasteiger partial charge in [0.15, 0.2) is 5.96 Å². The molecule has 172 valence electrons. The van der Waals surface area contributed by atoms with E-state index in [1.807, 2.05) is 41.3 Å². The third-order valence-electron chi connectivity index (χ3n) is 5.33. The molecule has 2 aromatic carbocycles. The fraction of sp³-hybridized carbons (Fsp3) is 0.417. The van der Waals surface area contributed by atoms with Crippen molar-refractivity contribution in [3.63, 3.8) is 0 Å². The van der Waals surface area contributed by atoms with Crippen molar-refractivity contribution in [3.8, 4) is 0 Å². The van der Waals surface area contributed by atoms with Gasteiger partial charge in [0.25, 0.3) is 5.91 Å². The lowest BCUT2D eigenvalue weighted by Crippen LogP contribution is -2.38. The highest BCUT2D eigenvalue weighted by molar-refractivity contribution is 5.94. The third kappa shape index (κ3) is 6.43. The maximum Gasteiger partial charge on any atom is 0.253 e. The Morgan fingerprint density at radius 2 is 1.91 bits per heavy atom. The van der Waals surface area contributed by atoms with Gasteiger partial charge in [-0.15, -0.1) is 0 Å². The van der Waals surface area contributed by atoms with E-state index in [0.717, 1.165) is 17.5 Å². The summed E-state index contributed by atoms with van der Waals surface area (Å²) in [6.07, 6.45) is 0.748. The van der Waals surface area contributed by atoms with Crippen molar-refractivity contribution in [3.05, 3.63) is 65.0 Å². The second kappa shape index (κ2) is 11.5. The quantitative estimate of drug-likeness (QED) is 0.510. The predicted molar refractivity (Wildman–Crippen MR) is 126 cm³/mol. The number of nitrogens with zero attached hydrogens (tertiary/aromatic N) is 3. The number of ether oxygens (including phenoxy) is 1. The number of anilines is 1. The van der Waals surface area contributed by atoms with Gasteiger partial charge in [-0.2, -0.15) is 0 Å². The molecule has 1 heterocycles. The van der Waals surface area contributed by atoms with Gasteiger partial charge in [-0.25, -0.2) is 4.39 Å². The van der Waals surface area contributed by atoms with Gasteiger partial charge in [0.2, 0.25) is 0 Å². The first-order valence-electron chi connectivity index (χ1n) is 10.8. The summed E-state index contributed by atoms with van der Waals surface area (Å²) in [6.45, 7) is 3.78. The van der Waals surface area contributed by atoms with Crippen molar-refractivity contribution in [1.29, 1.82) is 0 Å². The summed E-state index contributed by atoms with van der Waals surface area (Å²) < 4.78 is 19.9. The summed E-state index contributed by atoms with van der Waals surface area (Å²) in [5.74, 6) is 0.411. The van der Waals surface area contributed by atoms with E-state index in [2.05, 4.69) is 15.6 Å². The van der Waals surface area contributed by atoms with Crippen molar-refractivity contribution in [2.24, 2.45) is 4.99 Å². The lowest BCUT2D eigenvalue weighted by atomic mass is 10.1. The molecule has 1 amide bonds. The van der Waals surface area contributed by atoms with E-state index in [9.17, 15) is 9.18 Å². The van der Waals surface area contributed by atoms with Crippen LogP contribution in [0, 0.1) is 5.82 Å². The second-order valence-corrected chi connectivity index (χ2v) is 7.89. The van der Waals surface area contributed by atoms with Crippen LogP contribution < -0.4 is 15.5 Å². The van der Waals surface area contributed by atoms with Gasteiger partial charge in [-0.05, 0) is 41.8 Å². The van der Waals surface area contributed by atoms with Gasteiger partial charge in [0.1, 0.15) is 5.82 Å². The first-order valence-corrected chi connectivity index (χ1v) is 10.8. The summed E-state index contributed by atoms with van der Waals surface area (Å²) in [4.78, 5) is 19.9. The second-order valence-electron chi connectivity index (χ2n) is 7.89. The lowest BCUT2D eigenvalue weighted by molar-refractivity contribution is 0.0827. The average Bonchev–Trinajstić information content (AvgIpc) is 2.81. The molecule has 0 atom stereocenters. The zero-order valence-electron chi connectivity index (χ0n) is 19.0. The number of carbonyl (C=O) groups is 1. The standard InChI is InChI=1S/C24H32FN5O2/c1-26-24(27-10-9-18-5-4-6-20(15-18)23(31)29(2)3)28-17-19-7-8-22(21(25)16-19)30-11-13-32-14-12-30/h4-8,15-16H,9-14,17H2,1-3H3,(H2,26,27,28). The number of nitrogens with one attached hydrogen (secondary N) is 2. The molecule has 1 fully saturated rings. The molecule has 0 unspecified atom stereocenters. The minimum Gasteiger partial charge on any atom is -0.378 e. The summed E-state index contributed by atoms with van der Waals surface area (Å²) in [6, 6.07) is 13.0. The Labute approximate surface area is 189 Å². The maximum atomic E-state index is 14.6. The van der Waals surface area contributed by atoms with E-state index in [1.54, 1.807) is 32.1 Å². The molecule has 1 aliphatic rings. The van der Waals surface area contributed by atoms with Gasteiger partial charge in [0.05, 0.1) is 18.9 Å². The Balaban J connectivity index is 1.48. The van der Waals surface area contributed by atoms with E-state index in [1.165, 1.54) is 0 Å². The van der Waals surface area contributed by atoms with Gasteiger partial charge >= 0.3 is 0 Å². The highest BCUT2D eigenvalue weighted by Gasteiger charge is 2.15. The van der Waals surface area contributed by atoms with Gasteiger partial charge in [-0.3, -0.25) is 9.79 Å². The van der Waals surface area contributed by atoms with Crippen LogP contribution in [0.2, 0.25) is 0 Å². The summed E-state index contributed by atoms with van der Waals surface area (Å²) in [7, 11) is 5.19. The van der Waals surface area contributed by atoms with Crippen molar-refractivity contribution < 1.29 is 13.9 Å². The highest BCUT2D eigenvalue weighted by Crippen LogP contribution is 2.21. The molecule has 8 heteroatoms. The van der Waals surface area contributed by atoms with Crippen LogP contribution in [0.4, 0.5) is 10.1 Å². The minimum atomic E-state index is -0.221. The number of hydrogen-bond donors (Lipinski definition) is 2. The third-order valence-corrected chi connectivity index (χ3v) is 5.33. The number of aliphatic imine (C=N–C) groups is 1. The lowest BCUT2D eigenvalue weighted by Gasteiger charge is -2.29. The van der Waals surface area contributed by atoms with Crippen LogP contribution in [-0.4, -0.2) is 70.8 Å². The Morgan fingerprint density at radius 3 is 2.59 bits per heavy atom. The number of rotatable bonds is 7. The van der Waals surface area contributed by atoms with E-state index in [4.69, 9.17) is 4.74 Å². The first-order chi connectivity index (χ1) is 15.5. The molecule has 3 rings (SSSR count). The zero-order valence-corrected chi connectivity index (χ0v) is 19.0. The van der Waals surface area contributed by atoms with Crippen LogP contribution in [-0.2, 0) is 17.7 Å². The van der Waals surface area contributed by atoms with Crippen molar-refractivity contribution in [2.75, 3.05) is 58.9 Å². The van der Waals surface area contributed by atoms with Crippen molar-refractivity contribution >= 4 is 17.6 Å². The molecule has 7 nitrogen and oxygen atoms in total. The monoisotopic (exact) mass is 441 g/mol. The molecule has 0 aliphatic carbocycles. The summed E-state index contributed by atoms with van der Waals surface area (Å²) in [5.41, 5.74) is 3.21. The smallest absolute Gasteiger partial charge is 0.253 e. The number of guanidine groups is 1. The number of amides is 1. The summed E-state index contributed by atoms with van der Waals surface area (Å²) >= 11 is 0. The number of benzene rings is 2. The molecule has 0 aromatic heterocycles. The Hall–Kier alpha value is -3.13. The summed E-state index contributed by atoms with van der Waals surface area (Å²) in [5, 5.41) is 6.49. The molecule has 1 saturated heterocycles. The molecule has 32 heavy (non-hydrogen) atoms. The molecule has 0 radical (unpaired) electrons. The van der Waals surface area contributed by atoms with Crippen LogP contribution in [0.3, 0.4) is 0 Å². The zero-order chi connectivity index (χ0) is 22.9. The molecule has 0 spiro atoms. The van der Waals surface area contributed by atoms with Crippen molar-refractivity contribution in [1.82, 2.24) is 15.5 Å².